The Morgan fingerprint density at radius 3 is 2.81 bits per heavy atom. The molecule has 4 rings (SSSR count). The quantitative estimate of drug-likeness (QED) is 0.255. The number of aromatic nitrogens is 1. The van der Waals surface area contributed by atoms with Crippen LogP contribution in [0.5, 0.6) is 5.75 Å². The molecule has 0 aliphatic carbocycles. The molecular formula is C22H17ClN4O5. The lowest BCUT2D eigenvalue weighted by Crippen LogP contribution is -2.17. The van der Waals surface area contributed by atoms with E-state index in [1.54, 1.807) is 0 Å². The van der Waals surface area contributed by atoms with E-state index in [1.165, 1.54) is 31.5 Å². The Labute approximate surface area is 187 Å². The summed E-state index contributed by atoms with van der Waals surface area (Å²) in [5.41, 5.74) is 5.00. The van der Waals surface area contributed by atoms with Gasteiger partial charge >= 0.3 is 5.91 Å². The highest BCUT2D eigenvalue weighted by atomic mass is 35.5. The predicted octanol–water partition coefficient (Wildman–Crippen LogP) is 4.87. The fourth-order valence-electron chi connectivity index (χ4n) is 3.15. The van der Waals surface area contributed by atoms with Crippen molar-refractivity contribution in [3.8, 4) is 11.4 Å². The number of non-ortho nitro benzene ring substituents is 1. The molecule has 4 aromatic rings. The number of furan rings is 1. The van der Waals surface area contributed by atoms with Gasteiger partial charge in [0.05, 0.1) is 30.0 Å². The van der Waals surface area contributed by atoms with Gasteiger partial charge in [-0.25, -0.2) is 5.43 Å². The zero-order valence-corrected chi connectivity index (χ0v) is 17.8. The lowest BCUT2D eigenvalue weighted by Gasteiger charge is -2.08. The maximum Gasteiger partial charge on any atom is 0.307 e. The van der Waals surface area contributed by atoms with E-state index in [4.69, 9.17) is 20.8 Å². The molecule has 0 atom stereocenters. The summed E-state index contributed by atoms with van der Waals surface area (Å²) in [5, 5.41) is 16.1. The Kier molecular flexibility index (Phi) is 5.65. The Morgan fingerprint density at radius 2 is 2.09 bits per heavy atom. The molecule has 0 bridgehead atoms. The Hall–Kier alpha value is -4.11. The molecule has 0 unspecified atom stereocenters. The van der Waals surface area contributed by atoms with E-state index in [0.717, 1.165) is 11.3 Å². The number of amides is 1. The summed E-state index contributed by atoms with van der Waals surface area (Å²) >= 11 is 6.22. The number of benzene rings is 2. The first-order valence-corrected chi connectivity index (χ1v) is 9.78. The molecule has 10 heteroatoms. The van der Waals surface area contributed by atoms with Crippen molar-refractivity contribution >= 4 is 40.4 Å². The molecule has 32 heavy (non-hydrogen) atoms. The molecule has 0 aliphatic rings. The molecule has 2 aromatic heterocycles. The maximum absolute atomic E-state index is 12.5. The zero-order chi connectivity index (χ0) is 22.8. The highest BCUT2D eigenvalue weighted by Gasteiger charge is 2.19. The minimum absolute atomic E-state index is 0.0587. The number of ether oxygens (including phenoxy) is 1. The summed E-state index contributed by atoms with van der Waals surface area (Å²) in [6.45, 7) is 1.92. The Balaban J connectivity index is 1.54. The summed E-state index contributed by atoms with van der Waals surface area (Å²) in [7, 11) is 1.36. The number of methoxy groups -OCH3 is 1. The van der Waals surface area contributed by atoms with Gasteiger partial charge in [-0.15, -0.1) is 0 Å². The van der Waals surface area contributed by atoms with Gasteiger partial charge in [0.15, 0.2) is 17.1 Å². The SMILES string of the molecule is COc1cc([N+](=O)[O-])cc2cc(C(=O)N/N=C\c3cccn3-c3ccc(C)c(Cl)c3)oc12. The predicted molar refractivity (Wildman–Crippen MR) is 120 cm³/mol. The normalized spacial score (nSPS) is 11.2. The molecule has 2 heterocycles. The van der Waals surface area contributed by atoms with E-state index < -0.39 is 10.8 Å². The van der Waals surface area contributed by atoms with Gasteiger partial charge in [0.1, 0.15) is 0 Å². The fraction of sp³-hybridized carbons (Fsp3) is 0.0909. The average Bonchev–Trinajstić information content (AvgIpc) is 3.41. The van der Waals surface area contributed by atoms with E-state index in [-0.39, 0.29) is 22.8 Å². The van der Waals surface area contributed by atoms with Crippen molar-refractivity contribution in [2.75, 3.05) is 7.11 Å². The van der Waals surface area contributed by atoms with Gasteiger partial charge < -0.3 is 13.7 Å². The van der Waals surface area contributed by atoms with E-state index in [1.807, 2.05) is 48.0 Å². The number of hydrazone groups is 1. The lowest BCUT2D eigenvalue weighted by molar-refractivity contribution is -0.384. The number of hydrogen-bond acceptors (Lipinski definition) is 6. The van der Waals surface area contributed by atoms with Crippen molar-refractivity contribution in [2.24, 2.45) is 5.10 Å². The molecule has 2 aromatic carbocycles. The molecule has 0 saturated carbocycles. The van der Waals surface area contributed by atoms with Crippen LogP contribution in [-0.4, -0.2) is 28.7 Å². The number of halogens is 1. The number of fused-ring (bicyclic) bond motifs is 1. The third-order valence-corrected chi connectivity index (χ3v) is 5.21. The number of carbonyl (C=O) groups is 1. The van der Waals surface area contributed by atoms with Crippen molar-refractivity contribution in [1.82, 2.24) is 9.99 Å². The Bertz CT molecular complexity index is 1370. The first-order chi connectivity index (χ1) is 15.4. The molecular weight excluding hydrogens is 436 g/mol. The van der Waals surface area contributed by atoms with Crippen LogP contribution >= 0.6 is 11.6 Å². The van der Waals surface area contributed by atoms with Gasteiger partial charge in [-0.1, -0.05) is 17.7 Å². The van der Waals surface area contributed by atoms with E-state index in [0.29, 0.717) is 16.1 Å². The highest BCUT2D eigenvalue weighted by molar-refractivity contribution is 6.31. The van der Waals surface area contributed by atoms with Gasteiger partial charge in [-0.3, -0.25) is 14.9 Å². The smallest absolute Gasteiger partial charge is 0.307 e. The molecule has 162 valence electrons. The number of nitrogens with one attached hydrogen (secondary N) is 1. The van der Waals surface area contributed by atoms with Crippen LogP contribution < -0.4 is 10.2 Å². The first-order valence-electron chi connectivity index (χ1n) is 9.40. The zero-order valence-electron chi connectivity index (χ0n) is 17.0. The molecule has 1 N–H and O–H groups in total. The van der Waals surface area contributed by atoms with Gasteiger partial charge in [0.25, 0.3) is 5.69 Å². The van der Waals surface area contributed by atoms with Crippen molar-refractivity contribution < 1.29 is 18.9 Å². The minimum Gasteiger partial charge on any atom is -0.493 e. The fourth-order valence-corrected chi connectivity index (χ4v) is 3.33. The van der Waals surface area contributed by atoms with Crippen molar-refractivity contribution in [2.45, 2.75) is 6.92 Å². The maximum atomic E-state index is 12.5. The molecule has 9 nitrogen and oxygen atoms in total. The summed E-state index contributed by atoms with van der Waals surface area (Å²) in [4.78, 5) is 23.0. The second-order valence-electron chi connectivity index (χ2n) is 6.87. The number of carbonyl (C=O) groups excluding carboxylic acids is 1. The van der Waals surface area contributed by atoms with Crippen LogP contribution in [0.3, 0.4) is 0 Å². The number of nitrogens with zero attached hydrogens (tertiary/aromatic N) is 3. The number of nitro benzene ring substituents is 1. The number of aryl methyl sites for hydroxylation is 1. The third kappa shape index (κ3) is 4.06. The highest BCUT2D eigenvalue weighted by Crippen LogP contribution is 2.33. The number of hydrogen-bond donors (Lipinski definition) is 1. The number of nitro groups is 1. The monoisotopic (exact) mass is 452 g/mol. The lowest BCUT2D eigenvalue weighted by atomic mass is 10.2. The van der Waals surface area contributed by atoms with Gasteiger partial charge in [0.2, 0.25) is 0 Å². The van der Waals surface area contributed by atoms with Crippen LogP contribution in [-0.2, 0) is 0 Å². The van der Waals surface area contributed by atoms with Gasteiger partial charge in [0, 0.05) is 28.4 Å². The molecule has 0 saturated heterocycles. The summed E-state index contributed by atoms with van der Waals surface area (Å²) in [5.74, 6) is -0.512. The van der Waals surface area contributed by atoms with Crippen LogP contribution in [0.25, 0.3) is 16.7 Å². The molecule has 0 fully saturated rings. The van der Waals surface area contributed by atoms with Crippen LogP contribution in [0.15, 0.2) is 64.2 Å². The largest absolute Gasteiger partial charge is 0.493 e. The second-order valence-corrected chi connectivity index (χ2v) is 7.28. The number of rotatable bonds is 6. The van der Waals surface area contributed by atoms with Gasteiger partial charge in [-0.2, -0.15) is 5.10 Å². The van der Waals surface area contributed by atoms with Crippen LogP contribution in [0.4, 0.5) is 5.69 Å². The van der Waals surface area contributed by atoms with E-state index >= 15 is 0 Å². The topological polar surface area (TPSA) is 112 Å². The van der Waals surface area contributed by atoms with E-state index in [2.05, 4.69) is 10.5 Å². The molecule has 0 radical (unpaired) electrons. The standard InChI is InChI=1S/C22H17ClN4O5/c1-13-5-6-15(10-18(13)23)26-7-3-4-16(26)12-24-25-22(28)20-9-14-8-17(27(29)30)11-19(31-2)21(14)32-20/h3-12H,1-2H3,(H,25,28)/b24-12-. The van der Waals surface area contributed by atoms with Crippen LogP contribution in [0.2, 0.25) is 5.02 Å². The van der Waals surface area contributed by atoms with E-state index in [9.17, 15) is 14.9 Å². The second kappa shape index (κ2) is 8.56. The molecule has 1 amide bonds. The van der Waals surface area contributed by atoms with Crippen molar-refractivity contribution in [1.29, 1.82) is 0 Å². The molecule has 0 spiro atoms. The summed E-state index contributed by atoms with van der Waals surface area (Å²) in [6, 6.07) is 13.3. The summed E-state index contributed by atoms with van der Waals surface area (Å²) < 4.78 is 12.5. The summed E-state index contributed by atoms with van der Waals surface area (Å²) in [6.07, 6.45) is 3.34. The Morgan fingerprint density at radius 1 is 1.28 bits per heavy atom. The minimum atomic E-state index is -0.612. The third-order valence-electron chi connectivity index (χ3n) is 4.80. The van der Waals surface area contributed by atoms with Crippen LogP contribution in [0, 0.1) is 17.0 Å². The van der Waals surface area contributed by atoms with Crippen molar-refractivity contribution in [3.63, 3.8) is 0 Å². The molecule has 0 aliphatic heterocycles. The van der Waals surface area contributed by atoms with Crippen LogP contribution in [0.1, 0.15) is 21.8 Å². The average molecular weight is 453 g/mol. The van der Waals surface area contributed by atoms with Crippen molar-refractivity contribution in [3.05, 3.63) is 86.9 Å². The first kappa shape index (κ1) is 21.1. The van der Waals surface area contributed by atoms with Gasteiger partial charge in [-0.05, 0) is 42.8 Å².